The van der Waals surface area contributed by atoms with Gasteiger partial charge in [-0.05, 0) is 18.6 Å². The monoisotopic (exact) mass is 416 g/mol. The average molecular weight is 416 g/mol. The Hall–Kier alpha value is -4.20. The highest BCUT2D eigenvalue weighted by Crippen LogP contribution is 2.32. The summed E-state index contributed by atoms with van der Waals surface area (Å²) in [6.07, 6.45) is -0.251. The number of nitrogens with one attached hydrogen (secondary N) is 2. The third kappa shape index (κ3) is 4.09. The van der Waals surface area contributed by atoms with Gasteiger partial charge >= 0.3 is 5.97 Å². The lowest BCUT2D eigenvalue weighted by atomic mass is 10.1. The summed E-state index contributed by atoms with van der Waals surface area (Å²) in [5.74, 6) is -2.52. The number of pyridine rings is 1. The van der Waals surface area contributed by atoms with E-state index in [1.54, 1.807) is 6.07 Å². The first-order chi connectivity index (χ1) is 14.9. The van der Waals surface area contributed by atoms with Gasteiger partial charge in [0.1, 0.15) is 11.7 Å². The number of fused-ring (bicyclic) bond motifs is 3. The molecule has 2 amide bonds. The molecule has 8 nitrogen and oxygen atoms in total. The van der Waals surface area contributed by atoms with Crippen LogP contribution in [0, 0.1) is 0 Å². The maximum absolute atomic E-state index is 12.9. The fourth-order valence-corrected chi connectivity index (χ4v) is 3.54. The number of rotatable bonds is 7. The number of aromatic amines is 1. The van der Waals surface area contributed by atoms with Gasteiger partial charge in [-0.15, -0.1) is 0 Å². The number of hydrogen-bond acceptors (Lipinski definition) is 4. The molecule has 0 aliphatic carbocycles. The average Bonchev–Trinajstić information content (AvgIpc) is 3.14. The molecule has 4 rings (SSSR count). The van der Waals surface area contributed by atoms with Crippen LogP contribution in [0.5, 0.6) is 0 Å². The second-order valence-electron chi connectivity index (χ2n) is 7.18. The first kappa shape index (κ1) is 20.1. The first-order valence-electron chi connectivity index (χ1n) is 9.73. The molecule has 0 aliphatic heterocycles. The Morgan fingerprint density at radius 3 is 2.45 bits per heavy atom. The predicted octanol–water partition coefficient (Wildman–Crippen LogP) is 2.83. The van der Waals surface area contributed by atoms with Crippen LogP contribution in [0.1, 0.15) is 23.3 Å². The Morgan fingerprint density at radius 1 is 1.03 bits per heavy atom. The number of aliphatic carboxylic acids is 1. The maximum Gasteiger partial charge on any atom is 0.326 e. The smallest absolute Gasteiger partial charge is 0.326 e. The molecule has 0 fully saturated rings. The molecular weight excluding hydrogens is 396 g/mol. The molecule has 0 radical (unpaired) electrons. The molecule has 1 atom stereocenters. The highest BCUT2D eigenvalue weighted by molar-refractivity contribution is 6.13. The number of carbonyl (C=O) groups is 3. The molecule has 0 spiro atoms. The van der Waals surface area contributed by atoms with Crippen molar-refractivity contribution < 1.29 is 19.5 Å². The summed E-state index contributed by atoms with van der Waals surface area (Å²) in [7, 11) is 0. The van der Waals surface area contributed by atoms with Crippen molar-refractivity contribution in [3.05, 3.63) is 66.4 Å². The zero-order chi connectivity index (χ0) is 22.0. The van der Waals surface area contributed by atoms with E-state index in [2.05, 4.69) is 15.3 Å². The number of carboxylic acid groups (broad SMARTS) is 1. The molecule has 8 heteroatoms. The van der Waals surface area contributed by atoms with Crippen LogP contribution in [0.3, 0.4) is 0 Å². The number of nitrogens with two attached hydrogens (primary N) is 1. The molecule has 0 saturated heterocycles. The molecule has 2 aromatic carbocycles. The van der Waals surface area contributed by atoms with E-state index in [-0.39, 0.29) is 18.5 Å². The lowest BCUT2D eigenvalue weighted by Gasteiger charge is -2.14. The molecular formula is C23H20N4O4. The zero-order valence-corrected chi connectivity index (χ0v) is 16.5. The van der Waals surface area contributed by atoms with Crippen molar-refractivity contribution in [1.82, 2.24) is 15.3 Å². The van der Waals surface area contributed by atoms with Crippen LogP contribution in [0.4, 0.5) is 0 Å². The Morgan fingerprint density at radius 2 is 1.74 bits per heavy atom. The maximum atomic E-state index is 12.9. The SMILES string of the molecule is NC(=O)CCC(NC(=O)c1cc2c([nH]c3ccccc32)c(-c2ccccc2)n1)C(=O)O. The lowest BCUT2D eigenvalue weighted by molar-refractivity contribution is -0.139. The summed E-state index contributed by atoms with van der Waals surface area (Å²) >= 11 is 0. The summed E-state index contributed by atoms with van der Waals surface area (Å²) in [6.45, 7) is 0. The number of carboxylic acids is 1. The summed E-state index contributed by atoms with van der Waals surface area (Å²) in [5, 5.41) is 13.6. The first-order valence-corrected chi connectivity index (χ1v) is 9.73. The quantitative estimate of drug-likeness (QED) is 0.367. The summed E-state index contributed by atoms with van der Waals surface area (Å²) in [6, 6.07) is 17.5. The van der Waals surface area contributed by atoms with Crippen molar-refractivity contribution in [2.75, 3.05) is 0 Å². The Balaban J connectivity index is 1.80. The minimum atomic E-state index is -1.25. The van der Waals surface area contributed by atoms with E-state index in [1.165, 1.54) is 0 Å². The second kappa shape index (κ2) is 8.27. The highest BCUT2D eigenvalue weighted by Gasteiger charge is 2.23. The summed E-state index contributed by atoms with van der Waals surface area (Å²) in [5.41, 5.74) is 8.28. The summed E-state index contributed by atoms with van der Waals surface area (Å²) in [4.78, 5) is 43.4. The van der Waals surface area contributed by atoms with Crippen molar-refractivity contribution in [2.24, 2.45) is 5.73 Å². The molecule has 1 unspecified atom stereocenters. The number of nitrogens with zero attached hydrogens (tertiary/aromatic N) is 1. The van der Waals surface area contributed by atoms with Gasteiger partial charge in [0, 0.05) is 28.3 Å². The lowest BCUT2D eigenvalue weighted by Crippen LogP contribution is -2.41. The van der Waals surface area contributed by atoms with Crippen molar-refractivity contribution >= 4 is 39.6 Å². The van der Waals surface area contributed by atoms with Gasteiger partial charge in [0.15, 0.2) is 0 Å². The van der Waals surface area contributed by atoms with Crippen LogP contribution >= 0.6 is 0 Å². The molecule has 0 bridgehead atoms. The van der Waals surface area contributed by atoms with E-state index in [9.17, 15) is 19.5 Å². The molecule has 0 aliphatic rings. The van der Waals surface area contributed by atoms with E-state index in [1.807, 2.05) is 54.6 Å². The number of H-pyrrole nitrogens is 1. The third-order valence-electron chi connectivity index (χ3n) is 5.06. The van der Waals surface area contributed by atoms with Gasteiger partial charge in [-0.25, -0.2) is 9.78 Å². The summed E-state index contributed by atoms with van der Waals surface area (Å²) < 4.78 is 0. The van der Waals surface area contributed by atoms with Crippen LogP contribution in [-0.2, 0) is 9.59 Å². The zero-order valence-electron chi connectivity index (χ0n) is 16.5. The van der Waals surface area contributed by atoms with Gasteiger partial charge in [0.25, 0.3) is 5.91 Å². The molecule has 31 heavy (non-hydrogen) atoms. The van der Waals surface area contributed by atoms with Crippen LogP contribution in [0.2, 0.25) is 0 Å². The topological polar surface area (TPSA) is 138 Å². The number of benzene rings is 2. The Bertz CT molecular complexity index is 1300. The van der Waals surface area contributed by atoms with Crippen molar-refractivity contribution in [3.8, 4) is 11.3 Å². The van der Waals surface area contributed by atoms with Gasteiger partial charge in [0.2, 0.25) is 5.91 Å². The van der Waals surface area contributed by atoms with E-state index < -0.39 is 23.8 Å². The van der Waals surface area contributed by atoms with Crippen molar-refractivity contribution in [2.45, 2.75) is 18.9 Å². The normalized spacial score (nSPS) is 12.0. The molecule has 2 aromatic heterocycles. The van der Waals surface area contributed by atoms with Crippen LogP contribution in [-0.4, -0.2) is 38.9 Å². The number of aromatic nitrogens is 2. The van der Waals surface area contributed by atoms with Gasteiger partial charge in [-0.2, -0.15) is 0 Å². The second-order valence-corrected chi connectivity index (χ2v) is 7.18. The van der Waals surface area contributed by atoms with Crippen LogP contribution in [0.15, 0.2) is 60.7 Å². The molecule has 4 aromatic rings. The fourth-order valence-electron chi connectivity index (χ4n) is 3.54. The van der Waals surface area contributed by atoms with Gasteiger partial charge in [-0.1, -0.05) is 48.5 Å². The highest BCUT2D eigenvalue weighted by atomic mass is 16.4. The minimum absolute atomic E-state index is 0.0847. The van der Waals surface area contributed by atoms with Crippen LogP contribution in [0.25, 0.3) is 33.1 Å². The van der Waals surface area contributed by atoms with E-state index in [0.29, 0.717) is 5.69 Å². The minimum Gasteiger partial charge on any atom is -0.480 e. The number of primary amides is 1. The molecule has 5 N–H and O–H groups in total. The third-order valence-corrected chi connectivity index (χ3v) is 5.06. The Kier molecular flexibility index (Phi) is 5.36. The van der Waals surface area contributed by atoms with E-state index in [4.69, 9.17) is 5.73 Å². The molecule has 156 valence electrons. The fraction of sp³-hybridized carbons (Fsp3) is 0.130. The van der Waals surface area contributed by atoms with Crippen molar-refractivity contribution in [3.63, 3.8) is 0 Å². The van der Waals surface area contributed by atoms with Crippen LogP contribution < -0.4 is 11.1 Å². The number of carbonyl (C=O) groups excluding carboxylic acids is 2. The standard InChI is InChI=1S/C23H20N4O4/c24-19(28)11-10-17(23(30)31)27-22(29)18-12-15-14-8-4-5-9-16(14)25-21(15)20(26-18)13-6-2-1-3-7-13/h1-9,12,17,25H,10-11H2,(H2,24,28)(H,27,29)(H,30,31). The predicted molar refractivity (Wildman–Crippen MR) is 116 cm³/mol. The molecule has 0 saturated carbocycles. The Labute approximate surface area is 177 Å². The van der Waals surface area contributed by atoms with Crippen molar-refractivity contribution in [1.29, 1.82) is 0 Å². The largest absolute Gasteiger partial charge is 0.480 e. The number of para-hydroxylation sites is 1. The number of hydrogen-bond donors (Lipinski definition) is 4. The van der Waals surface area contributed by atoms with E-state index >= 15 is 0 Å². The van der Waals surface area contributed by atoms with Gasteiger partial charge < -0.3 is 21.1 Å². The van der Waals surface area contributed by atoms with E-state index in [0.717, 1.165) is 27.4 Å². The van der Waals surface area contributed by atoms with Gasteiger partial charge in [-0.3, -0.25) is 9.59 Å². The molecule has 2 heterocycles. The van der Waals surface area contributed by atoms with Gasteiger partial charge in [0.05, 0.1) is 11.2 Å². The number of amides is 2.